The maximum Gasteiger partial charge on any atom is 0.277 e. The summed E-state index contributed by atoms with van der Waals surface area (Å²) in [5, 5.41) is 9.25. The second-order valence-corrected chi connectivity index (χ2v) is 8.22. The first-order valence-corrected chi connectivity index (χ1v) is 10.5. The second-order valence-electron chi connectivity index (χ2n) is 6.10. The summed E-state index contributed by atoms with van der Waals surface area (Å²) < 4.78 is 11.1. The van der Waals surface area contributed by atoms with Crippen molar-refractivity contribution < 1.29 is 9.15 Å². The fraction of sp³-hybridized carbons (Fsp3) is 0.263. The molecule has 1 N–H and O–H groups in total. The third kappa shape index (κ3) is 3.67. The van der Waals surface area contributed by atoms with Crippen LogP contribution in [0.1, 0.15) is 23.2 Å². The lowest BCUT2D eigenvalue weighted by atomic mass is 10.2. The van der Waals surface area contributed by atoms with Crippen LogP contribution in [-0.2, 0) is 5.75 Å². The Hall–Kier alpha value is -2.65. The number of fused-ring (bicyclic) bond motifs is 1. The summed E-state index contributed by atoms with van der Waals surface area (Å²) in [5.74, 6) is 2.26. The number of hydrogen-bond donors (Lipinski definition) is 1. The molecule has 0 radical (unpaired) electrons. The van der Waals surface area contributed by atoms with Crippen LogP contribution in [0.25, 0.3) is 21.7 Å². The molecule has 0 spiro atoms. The predicted octanol–water partition coefficient (Wildman–Crippen LogP) is 4.34. The van der Waals surface area contributed by atoms with Gasteiger partial charge < -0.3 is 14.1 Å². The first-order valence-electron chi connectivity index (χ1n) is 8.73. The van der Waals surface area contributed by atoms with Gasteiger partial charge >= 0.3 is 0 Å². The largest absolute Gasteiger partial charge is 0.494 e. The molecule has 0 aliphatic carbocycles. The van der Waals surface area contributed by atoms with Gasteiger partial charge in [0.2, 0.25) is 5.89 Å². The molecule has 4 rings (SSSR count). The van der Waals surface area contributed by atoms with Crippen LogP contribution in [-0.4, -0.2) is 26.8 Å². The highest BCUT2D eigenvalue weighted by Crippen LogP contribution is 2.28. The van der Waals surface area contributed by atoms with Gasteiger partial charge in [0.25, 0.3) is 10.8 Å². The van der Waals surface area contributed by atoms with Crippen LogP contribution in [0.2, 0.25) is 0 Å². The average Bonchev–Trinajstić information content (AvgIpc) is 3.26. The smallest absolute Gasteiger partial charge is 0.277 e. The van der Waals surface area contributed by atoms with E-state index in [1.807, 2.05) is 45.0 Å². The Labute approximate surface area is 169 Å². The van der Waals surface area contributed by atoms with Crippen LogP contribution in [0.3, 0.4) is 0 Å². The molecule has 1 aromatic carbocycles. The average molecular weight is 415 g/mol. The second kappa shape index (κ2) is 7.76. The van der Waals surface area contributed by atoms with Crippen molar-refractivity contribution in [2.75, 3.05) is 6.61 Å². The first-order chi connectivity index (χ1) is 13.5. The van der Waals surface area contributed by atoms with Gasteiger partial charge in [-0.3, -0.25) is 4.79 Å². The number of H-pyrrole nitrogens is 1. The monoisotopic (exact) mass is 414 g/mol. The molecule has 144 valence electrons. The lowest BCUT2D eigenvalue weighted by Gasteiger charge is -2.02. The third-order valence-corrected chi connectivity index (χ3v) is 6.17. The number of ether oxygens (including phenoxy) is 1. The third-order valence-electron chi connectivity index (χ3n) is 4.24. The van der Waals surface area contributed by atoms with E-state index in [4.69, 9.17) is 9.15 Å². The normalized spacial score (nSPS) is 11.2. The van der Waals surface area contributed by atoms with Crippen molar-refractivity contribution in [2.24, 2.45) is 0 Å². The Kier molecular flexibility index (Phi) is 5.19. The Morgan fingerprint density at radius 1 is 1.21 bits per heavy atom. The Balaban J connectivity index is 1.49. The van der Waals surface area contributed by atoms with Gasteiger partial charge in [-0.1, -0.05) is 11.8 Å². The molecule has 0 fully saturated rings. The van der Waals surface area contributed by atoms with Gasteiger partial charge in [0.05, 0.1) is 17.7 Å². The van der Waals surface area contributed by atoms with E-state index in [0.29, 0.717) is 34.7 Å². The fourth-order valence-electron chi connectivity index (χ4n) is 2.74. The van der Waals surface area contributed by atoms with Gasteiger partial charge in [-0.05, 0) is 50.6 Å². The summed E-state index contributed by atoms with van der Waals surface area (Å²) in [6, 6.07) is 7.48. The molecule has 3 heterocycles. The molecule has 0 aliphatic heterocycles. The van der Waals surface area contributed by atoms with Crippen LogP contribution in [0.4, 0.5) is 0 Å². The van der Waals surface area contributed by atoms with E-state index in [1.54, 1.807) is 0 Å². The SMILES string of the molecule is CCOc1ccc(-c2nnc(SCc3nc4sc(C)c(C)c4c(=O)[nH]3)o2)cc1. The summed E-state index contributed by atoms with van der Waals surface area (Å²) in [4.78, 5) is 21.6. The number of aromatic nitrogens is 4. The number of aryl methyl sites for hydroxylation is 2. The van der Waals surface area contributed by atoms with Crippen molar-refractivity contribution in [1.82, 2.24) is 20.2 Å². The van der Waals surface area contributed by atoms with Gasteiger partial charge in [-0.25, -0.2) is 4.98 Å². The van der Waals surface area contributed by atoms with E-state index in [9.17, 15) is 4.79 Å². The van der Waals surface area contributed by atoms with Crippen LogP contribution in [0.15, 0.2) is 38.7 Å². The number of hydrogen-bond acceptors (Lipinski definition) is 8. The van der Waals surface area contributed by atoms with Crippen LogP contribution in [0, 0.1) is 13.8 Å². The lowest BCUT2D eigenvalue weighted by molar-refractivity contribution is 0.340. The molecule has 0 unspecified atom stereocenters. The molecule has 4 aromatic rings. The van der Waals surface area contributed by atoms with Gasteiger partial charge in [0.1, 0.15) is 16.4 Å². The Morgan fingerprint density at radius 3 is 2.75 bits per heavy atom. The van der Waals surface area contributed by atoms with E-state index in [-0.39, 0.29) is 5.56 Å². The highest BCUT2D eigenvalue weighted by molar-refractivity contribution is 7.98. The maximum absolute atomic E-state index is 12.3. The highest BCUT2D eigenvalue weighted by Gasteiger charge is 2.14. The standard InChI is InChI=1S/C19H18N4O3S2/c1-4-25-13-7-5-12(6-8-13)17-22-23-19(26-17)27-9-14-20-16(24)15-10(2)11(3)28-18(15)21-14/h5-8H,4,9H2,1-3H3,(H,20,21,24). The minimum atomic E-state index is -0.108. The van der Waals surface area contributed by atoms with Crippen molar-refractivity contribution >= 4 is 33.3 Å². The molecule has 0 amide bonds. The summed E-state index contributed by atoms with van der Waals surface area (Å²) >= 11 is 2.87. The van der Waals surface area contributed by atoms with Crippen molar-refractivity contribution in [3.05, 3.63) is 50.9 Å². The number of thiophene rings is 1. The number of thioether (sulfide) groups is 1. The van der Waals surface area contributed by atoms with E-state index >= 15 is 0 Å². The molecule has 0 saturated heterocycles. The van der Waals surface area contributed by atoms with Crippen LogP contribution in [0.5, 0.6) is 5.75 Å². The van der Waals surface area contributed by atoms with Gasteiger partial charge in [-0.15, -0.1) is 21.5 Å². The quantitative estimate of drug-likeness (QED) is 0.469. The molecule has 0 aliphatic rings. The number of nitrogens with zero attached hydrogens (tertiary/aromatic N) is 3. The van der Waals surface area contributed by atoms with Crippen molar-refractivity contribution in [2.45, 2.75) is 31.7 Å². The van der Waals surface area contributed by atoms with E-state index in [0.717, 1.165) is 26.6 Å². The van der Waals surface area contributed by atoms with E-state index in [1.165, 1.54) is 23.1 Å². The summed E-state index contributed by atoms with van der Waals surface area (Å²) in [6.45, 7) is 6.50. The molecule has 0 atom stereocenters. The first kappa shape index (κ1) is 18.7. The van der Waals surface area contributed by atoms with Crippen molar-refractivity contribution in [3.8, 4) is 17.2 Å². The summed E-state index contributed by atoms with van der Waals surface area (Å²) in [7, 11) is 0. The molecule has 0 bridgehead atoms. The molecule has 0 saturated carbocycles. The van der Waals surface area contributed by atoms with Crippen LogP contribution < -0.4 is 10.3 Å². The predicted molar refractivity (Wildman–Crippen MR) is 110 cm³/mol. The molecular formula is C19H18N4O3S2. The topological polar surface area (TPSA) is 93.9 Å². The minimum absolute atomic E-state index is 0.108. The van der Waals surface area contributed by atoms with Gasteiger partial charge in [0.15, 0.2) is 0 Å². The fourth-order valence-corrected chi connectivity index (χ4v) is 4.43. The maximum atomic E-state index is 12.3. The van der Waals surface area contributed by atoms with Gasteiger partial charge in [-0.2, -0.15) is 0 Å². The van der Waals surface area contributed by atoms with Crippen molar-refractivity contribution in [3.63, 3.8) is 0 Å². The zero-order chi connectivity index (χ0) is 19.7. The number of aromatic amines is 1. The zero-order valence-electron chi connectivity index (χ0n) is 15.6. The van der Waals surface area contributed by atoms with E-state index < -0.39 is 0 Å². The summed E-state index contributed by atoms with van der Waals surface area (Å²) in [5.41, 5.74) is 1.70. The molecule has 7 nitrogen and oxygen atoms in total. The zero-order valence-corrected chi connectivity index (χ0v) is 17.2. The van der Waals surface area contributed by atoms with Crippen molar-refractivity contribution in [1.29, 1.82) is 0 Å². The number of nitrogens with one attached hydrogen (secondary N) is 1. The lowest BCUT2D eigenvalue weighted by Crippen LogP contribution is -2.10. The molecule has 9 heteroatoms. The summed E-state index contributed by atoms with van der Waals surface area (Å²) in [6.07, 6.45) is 0. The Morgan fingerprint density at radius 2 is 2.00 bits per heavy atom. The Bertz CT molecular complexity index is 1180. The molecule has 3 aromatic heterocycles. The van der Waals surface area contributed by atoms with Crippen LogP contribution >= 0.6 is 23.1 Å². The van der Waals surface area contributed by atoms with E-state index in [2.05, 4.69) is 20.2 Å². The van der Waals surface area contributed by atoms with Gasteiger partial charge in [0, 0.05) is 10.4 Å². The minimum Gasteiger partial charge on any atom is -0.494 e. The number of benzene rings is 1. The molecular weight excluding hydrogens is 396 g/mol. The highest BCUT2D eigenvalue weighted by atomic mass is 32.2. The number of rotatable bonds is 6. The molecule has 28 heavy (non-hydrogen) atoms.